The number of sulfonamides is 1. The first-order valence-electron chi connectivity index (χ1n) is 13.4. The molecule has 2 fully saturated rings. The third-order valence-corrected chi connectivity index (χ3v) is 9.22. The van der Waals surface area contributed by atoms with Gasteiger partial charge in [-0.3, -0.25) is 9.69 Å². The average Bonchev–Trinajstić information content (AvgIpc) is 3.20. The first kappa shape index (κ1) is 26.5. The number of aryl methyl sites for hydroxylation is 1. The van der Waals surface area contributed by atoms with Crippen LogP contribution in [-0.4, -0.2) is 59.8 Å². The summed E-state index contributed by atoms with van der Waals surface area (Å²) < 4.78 is 33.1. The van der Waals surface area contributed by atoms with E-state index in [1.54, 1.807) is 28.6 Å². The largest absolute Gasteiger partial charge is 0.338 e. The molecule has 2 saturated heterocycles. The predicted molar refractivity (Wildman–Crippen MR) is 145 cm³/mol. The average molecular weight is 538 g/mol. The Morgan fingerprint density at radius 3 is 2.53 bits per heavy atom. The fraction of sp³-hybridized carbons (Fsp3) is 0.464. The number of carbonyl (C=O) groups is 1. The topological polar surface area (TPSA) is 109 Å². The lowest BCUT2D eigenvalue weighted by Crippen LogP contribution is -2.40. The number of likely N-dealkylation sites (tertiary alicyclic amines) is 1. The van der Waals surface area contributed by atoms with E-state index >= 15 is 0 Å². The Morgan fingerprint density at radius 2 is 1.79 bits per heavy atom. The number of piperidine rings is 1. The van der Waals surface area contributed by atoms with Gasteiger partial charge in [-0.15, -0.1) is 0 Å². The summed E-state index contributed by atoms with van der Waals surface area (Å²) in [4.78, 5) is 20.0. The van der Waals surface area contributed by atoms with Crippen LogP contribution >= 0.6 is 0 Å². The van der Waals surface area contributed by atoms with Crippen LogP contribution in [0.2, 0.25) is 0 Å². The summed E-state index contributed by atoms with van der Waals surface area (Å²) in [7, 11) is -3.51. The Labute approximate surface area is 224 Å². The highest BCUT2D eigenvalue weighted by Gasteiger charge is 2.28. The number of rotatable bonds is 7. The molecule has 0 bridgehead atoms. The molecule has 38 heavy (non-hydrogen) atoms. The van der Waals surface area contributed by atoms with Crippen LogP contribution in [0.5, 0.6) is 0 Å². The van der Waals surface area contributed by atoms with E-state index < -0.39 is 10.0 Å². The van der Waals surface area contributed by atoms with Crippen LogP contribution in [0.15, 0.2) is 57.9 Å². The molecule has 10 heteroatoms. The first-order chi connectivity index (χ1) is 18.4. The number of anilines is 1. The molecule has 2 aromatic carbocycles. The first-order valence-corrected chi connectivity index (χ1v) is 14.9. The fourth-order valence-electron chi connectivity index (χ4n) is 5.21. The van der Waals surface area contributed by atoms with Crippen molar-refractivity contribution in [1.29, 1.82) is 0 Å². The van der Waals surface area contributed by atoms with Crippen molar-refractivity contribution in [2.24, 2.45) is 5.92 Å². The van der Waals surface area contributed by atoms with Crippen molar-refractivity contribution >= 4 is 21.6 Å². The molecule has 3 heterocycles. The number of nitrogens with one attached hydrogen (secondary N) is 1. The van der Waals surface area contributed by atoms with Crippen LogP contribution in [0.1, 0.15) is 50.0 Å². The summed E-state index contributed by atoms with van der Waals surface area (Å²) in [5, 5.41) is 7.09. The third-order valence-electron chi connectivity index (χ3n) is 7.30. The van der Waals surface area contributed by atoms with Crippen LogP contribution in [-0.2, 0) is 21.4 Å². The molecule has 0 aliphatic carbocycles. The number of hydrogen-bond acceptors (Lipinski definition) is 7. The molecule has 0 saturated carbocycles. The van der Waals surface area contributed by atoms with Crippen LogP contribution in [0.4, 0.5) is 5.69 Å². The van der Waals surface area contributed by atoms with Gasteiger partial charge in [0.05, 0.1) is 17.4 Å². The normalized spacial score (nSPS) is 19.7. The number of aromatic nitrogens is 2. The zero-order valence-corrected chi connectivity index (χ0v) is 22.6. The van der Waals surface area contributed by atoms with Gasteiger partial charge in [-0.25, -0.2) is 8.42 Å². The molecule has 202 valence electrons. The zero-order chi connectivity index (χ0) is 26.5. The van der Waals surface area contributed by atoms with Crippen LogP contribution in [0.3, 0.4) is 0 Å². The van der Waals surface area contributed by atoms with Crippen LogP contribution < -0.4 is 5.32 Å². The van der Waals surface area contributed by atoms with Gasteiger partial charge in [-0.1, -0.05) is 41.8 Å². The zero-order valence-electron chi connectivity index (χ0n) is 21.8. The Balaban J connectivity index is 1.17. The standard InChI is InChI=1S/C28H35N5O4S/c1-21-8-6-9-22(18-21)27-30-26(37-31-27)20-32-15-7-10-23(19-32)28(34)29-24-11-13-25(14-12-24)38(35,36)33-16-4-2-3-5-17-33/h6,8-9,11-14,18,23H,2-5,7,10,15-17,19-20H2,1H3,(H,29,34). The molecular formula is C28H35N5O4S. The van der Waals surface area contributed by atoms with Crippen molar-refractivity contribution in [3.63, 3.8) is 0 Å². The second-order valence-electron chi connectivity index (χ2n) is 10.3. The van der Waals surface area contributed by atoms with E-state index in [-0.39, 0.29) is 16.7 Å². The summed E-state index contributed by atoms with van der Waals surface area (Å²) in [5.41, 5.74) is 2.65. The summed E-state index contributed by atoms with van der Waals surface area (Å²) in [5.74, 6) is 0.854. The molecule has 1 aromatic heterocycles. The van der Waals surface area contributed by atoms with E-state index in [2.05, 4.69) is 20.4 Å². The Morgan fingerprint density at radius 1 is 1.03 bits per heavy atom. The van der Waals surface area contributed by atoms with Crippen molar-refractivity contribution in [3.8, 4) is 11.4 Å². The monoisotopic (exact) mass is 537 g/mol. The van der Waals surface area contributed by atoms with E-state index in [4.69, 9.17) is 4.52 Å². The summed E-state index contributed by atoms with van der Waals surface area (Å²) in [6, 6.07) is 14.5. The fourth-order valence-corrected chi connectivity index (χ4v) is 6.73. The van der Waals surface area contributed by atoms with Gasteiger partial charge < -0.3 is 9.84 Å². The third kappa shape index (κ3) is 6.31. The lowest BCUT2D eigenvalue weighted by molar-refractivity contribution is -0.121. The van der Waals surface area contributed by atoms with Gasteiger partial charge >= 0.3 is 0 Å². The SMILES string of the molecule is Cc1cccc(-c2noc(CN3CCCC(C(=O)Nc4ccc(S(=O)(=O)N5CCCCCC5)cc4)C3)n2)c1. The van der Waals surface area contributed by atoms with Gasteiger partial charge in [0.25, 0.3) is 0 Å². The van der Waals surface area contributed by atoms with E-state index in [9.17, 15) is 13.2 Å². The molecule has 0 radical (unpaired) electrons. The van der Waals surface area contributed by atoms with Crippen molar-refractivity contribution in [2.75, 3.05) is 31.5 Å². The lowest BCUT2D eigenvalue weighted by Gasteiger charge is -2.30. The van der Waals surface area contributed by atoms with Crippen molar-refractivity contribution in [3.05, 3.63) is 60.0 Å². The molecule has 1 amide bonds. The van der Waals surface area contributed by atoms with Crippen molar-refractivity contribution in [1.82, 2.24) is 19.3 Å². The number of benzene rings is 2. The van der Waals surface area contributed by atoms with E-state index in [1.165, 1.54) is 0 Å². The summed E-state index contributed by atoms with van der Waals surface area (Å²) in [6.07, 6.45) is 5.61. The molecule has 1 atom stereocenters. The highest BCUT2D eigenvalue weighted by molar-refractivity contribution is 7.89. The Hall–Kier alpha value is -3.08. The van der Waals surface area contributed by atoms with E-state index in [0.717, 1.165) is 56.2 Å². The second kappa shape index (κ2) is 11.8. The molecule has 2 aliphatic rings. The maximum atomic E-state index is 13.0. The maximum Gasteiger partial charge on any atom is 0.243 e. The second-order valence-corrected chi connectivity index (χ2v) is 12.2. The molecule has 3 aromatic rings. The molecule has 9 nitrogen and oxygen atoms in total. The lowest BCUT2D eigenvalue weighted by atomic mass is 9.97. The molecule has 1 N–H and O–H groups in total. The molecule has 5 rings (SSSR count). The van der Waals surface area contributed by atoms with Gasteiger partial charge in [0, 0.05) is 30.9 Å². The summed E-state index contributed by atoms with van der Waals surface area (Å²) >= 11 is 0. The minimum atomic E-state index is -3.51. The van der Waals surface area contributed by atoms with E-state index in [1.807, 2.05) is 31.2 Å². The number of carbonyl (C=O) groups excluding carboxylic acids is 1. The van der Waals surface area contributed by atoms with Gasteiger partial charge in [0.2, 0.25) is 27.6 Å². The highest BCUT2D eigenvalue weighted by atomic mass is 32.2. The predicted octanol–water partition coefficient (Wildman–Crippen LogP) is 4.46. The number of nitrogens with zero attached hydrogens (tertiary/aromatic N) is 4. The van der Waals surface area contributed by atoms with Crippen LogP contribution in [0, 0.1) is 12.8 Å². The minimum absolute atomic E-state index is 0.0659. The molecular weight excluding hydrogens is 502 g/mol. The van der Waals surface area contributed by atoms with E-state index in [0.29, 0.717) is 43.6 Å². The molecule has 1 unspecified atom stereocenters. The maximum absolute atomic E-state index is 13.0. The van der Waals surface area contributed by atoms with Crippen LogP contribution in [0.25, 0.3) is 11.4 Å². The minimum Gasteiger partial charge on any atom is -0.338 e. The Kier molecular flexibility index (Phi) is 8.21. The highest BCUT2D eigenvalue weighted by Crippen LogP contribution is 2.24. The summed E-state index contributed by atoms with van der Waals surface area (Å²) in [6.45, 7) is 5.10. The molecule has 2 aliphatic heterocycles. The van der Waals surface area contributed by atoms with Gasteiger partial charge in [0.1, 0.15) is 0 Å². The number of hydrogen-bond donors (Lipinski definition) is 1. The number of amides is 1. The van der Waals surface area contributed by atoms with Crippen molar-refractivity contribution < 1.29 is 17.7 Å². The Bertz CT molecular complexity index is 1350. The quantitative estimate of drug-likeness (QED) is 0.474. The van der Waals surface area contributed by atoms with Gasteiger partial charge in [-0.2, -0.15) is 9.29 Å². The van der Waals surface area contributed by atoms with Crippen molar-refractivity contribution in [2.45, 2.75) is 56.9 Å². The smallest absolute Gasteiger partial charge is 0.243 e. The van der Waals surface area contributed by atoms with Gasteiger partial charge in [0.15, 0.2) is 0 Å². The van der Waals surface area contributed by atoms with Gasteiger partial charge in [-0.05, 0) is 69.5 Å². The molecule has 0 spiro atoms.